The molecule has 0 unspecified atom stereocenters. The molecular weight excluding hydrogens is 220 g/mol. The molecule has 3 N–H and O–H groups in total. The molecule has 0 atom stereocenters. The van der Waals surface area contributed by atoms with Crippen molar-refractivity contribution in [3.8, 4) is 0 Å². The lowest BCUT2D eigenvalue weighted by atomic mass is 9.69. The SMILES string of the molecule is O=C(CNCC1CC1)NCC1(C(=O)O)CCC1. The first-order chi connectivity index (χ1) is 8.12. The van der Waals surface area contributed by atoms with E-state index in [9.17, 15) is 9.59 Å². The van der Waals surface area contributed by atoms with Crippen LogP contribution in [0.4, 0.5) is 0 Å². The molecule has 2 aliphatic rings. The topological polar surface area (TPSA) is 78.4 Å². The Balaban J connectivity index is 1.62. The van der Waals surface area contributed by atoms with Gasteiger partial charge in [0.25, 0.3) is 0 Å². The van der Waals surface area contributed by atoms with E-state index in [2.05, 4.69) is 10.6 Å². The van der Waals surface area contributed by atoms with Crippen molar-refractivity contribution in [3.05, 3.63) is 0 Å². The molecular formula is C12H20N2O3. The molecule has 2 saturated carbocycles. The van der Waals surface area contributed by atoms with Crippen LogP contribution in [0.15, 0.2) is 0 Å². The highest BCUT2D eigenvalue weighted by molar-refractivity contribution is 5.80. The van der Waals surface area contributed by atoms with E-state index in [4.69, 9.17) is 5.11 Å². The minimum absolute atomic E-state index is 0.0989. The number of amides is 1. The van der Waals surface area contributed by atoms with Gasteiger partial charge in [-0.05, 0) is 38.1 Å². The van der Waals surface area contributed by atoms with Gasteiger partial charge < -0.3 is 15.7 Å². The zero-order chi connectivity index (χ0) is 12.3. The van der Waals surface area contributed by atoms with Crippen molar-refractivity contribution in [1.82, 2.24) is 10.6 Å². The van der Waals surface area contributed by atoms with Crippen LogP contribution in [0.1, 0.15) is 32.1 Å². The summed E-state index contributed by atoms with van der Waals surface area (Å²) < 4.78 is 0. The van der Waals surface area contributed by atoms with Crippen LogP contribution in [0.5, 0.6) is 0 Å². The monoisotopic (exact) mass is 240 g/mol. The average molecular weight is 240 g/mol. The third kappa shape index (κ3) is 3.19. The molecule has 0 aromatic carbocycles. The normalized spacial score (nSPS) is 21.6. The third-order valence-electron chi connectivity index (χ3n) is 3.80. The first-order valence-corrected chi connectivity index (χ1v) is 6.33. The lowest BCUT2D eigenvalue weighted by Crippen LogP contribution is -2.49. The molecule has 1 amide bonds. The molecule has 2 rings (SSSR count). The molecule has 0 saturated heterocycles. The van der Waals surface area contributed by atoms with Crippen LogP contribution < -0.4 is 10.6 Å². The average Bonchev–Trinajstić information content (AvgIpc) is 2.99. The number of nitrogens with one attached hydrogen (secondary N) is 2. The Labute approximate surface area is 101 Å². The van der Waals surface area contributed by atoms with Gasteiger partial charge in [0.2, 0.25) is 5.91 Å². The summed E-state index contributed by atoms with van der Waals surface area (Å²) in [6.45, 7) is 1.47. The van der Waals surface area contributed by atoms with E-state index in [-0.39, 0.29) is 12.5 Å². The van der Waals surface area contributed by atoms with E-state index >= 15 is 0 Å². The van der Waals surface area contributed by atoms with Crippen molar-refractivity contribution in [2.24, 2.45) is 11.3 Å². The minimum atomic E-state index is -0.782. The second kappa shape index (κ2) is 5.04. The smallest absolute Gasteiger partial charge is 0.311 e. The van der Waals surface area contributed by atoms with Gasteiger partial charge in [0.1, 0.15) is 0 Å². The largest absolute Gasteiger partial charge is 0.481 e. The van der Waals surface area contributed by atoms with E-state index in [0.717, 1.165) is 18.9 Å². The third-order valence-corrected chi connectivity index (χ3v) is 3.80. The van der Waals surface area contributed by atoms with Crippen molar-refractivity contribution in [2.75, 3.05) is 19.6 Å². The maximum absolute atomic E-state index is 11.5. The molecule has 0 radical (unpaired) electrons. The van der Waals surface area contributed by atoms with Gasteiger partial charge in [-0.25, -0.2) is 0 Å². The lowest BCUT2D eigenvalue weighted by molar-refractivity contribution is -0.154. The Morgan fingerprint density at radius 3 is 2.47 bits per heavy atom. The standard InChI is InChI=1S/C12H20N2O3/c15-10(7-13-6-9-2-3-9)14-8-12(11(16)17)4-1-5-12/h9,13H,1-8H2,(H,14,15)(H,16,17). The lowest BCUT2D eigenvalue weighted by Gasteiger charge is -2.37. The van der Waals surface area contributed by atoms with E-state index in [1.165, 1.54) is 12.8 Å². The van der Waals surface area contributed by atoms with Gasteiger partial charge in [-0.1, -0.05) is 6.42 Å². The fraction of sp³-hybridized carbons (Fsp3) is 0.833. The number of rotatable bonds is 7. The summed E-state index contributed by atoms with van der Waals surface area (Å²) in [5.41, 5.74) is -0.688. The molecule has 0 aromatic heterocycles. The highest BCUT2D eigenvalue weighted by atomic mass is 16.4. The highest BCUT2D eigenvalue weighted by Crippen LogP contribution is 2.40. The summed E-state index contributed by atoms with van der Waals surface area (Å²) in [6, 6.07) is 0. The van der Waals surface area contributed by atoms with Crippen molar-refractivity contribution in [1.29, 1.82) is 0 Å². The molecule has 2 fully saturated rings. The molecule has 0 bridgehead atoms. The number of carbonyl (C=O) groups excluding carboxylic acids is 1. The fourth-order valence-electron chi connectivity index (χ4n) is 2.11. The highest BCUT2D eigenvalue weighted by Gasteiger charge is 2.44. The Hall–Kier alpha value is -1.10. The maximum Gasteiger partial charge on any atom is 0.311 e. The summed E-state index contributed by atoms with van der Waals surface area (Å²) in [5.74, 6) is -0.132. The van der Waals surface area contributed by atoms with Gasteiger partial charge in [-0.2, -0.15) is 0 Å². The first kappa shape index (κ1) is 12.4. The first-order valence-electron chi connectivity index (χ1n) is 6.33. The fourth-order valence-corrected chi connectivity index (χ4v) is 2.11. The van der Waals surface area contributed by atoms with Gasteiger partial charge in [-0.15, -0.1) is 0 Å². The minimum Gasteiger partial charge on any atom is -0.481 e. The summed E-state index contributed by atoms with van der Waals surface area (Å²) in [6.07, 6.45) is 4.83. The van der Waals surface area contributed by atoms with Gasteiger partial charge in [0.05, 0.1) is 12.0 Å². The van der Waals surface area contributed by atoms with Crippen LogP contribution in [-0.4, -0.2) is 36.6 Å². The molecule has 0 aromatic rings. The number of aliphatic carboxylic acids is 1. The number of carboxylic acids is 1. The van der Waals surface area contributed by atoms with Gasteiger partial charge in [0.15, 0.2) is 0 Å². The van der Waals surface area contributed by atoms with Crippen LogP contribution in [0, 0.1) is 11.3 Å². The van der Waals surface area contributed by atoms with E-state index in [0.29, 0.717) is 19.4 Å². The second-order valence-electron chi connectivity index (χ2n) is 5.29. The van der Waals surface area contributed by atoms with E-state index in [1.54, 1.807) is 0 Å². The molecule has 5 heteroatoms. The van der Waals surface area contributed by atoms with E-state index in [1.807, 2.05) is 0 Å². The van der Waals surface area contributed by atoms with Crippen LogP contribution in [0.2, 0.25) is 0 Å². The van der Waals surface area contributed by atoms with Crippen LogP contribution >= 0.6 is 0 Å². The van der Waals surface area contributed by atoms with Gasteiger partial charge in [-0.3, -0.25) is 9.59 Å². The summed E-state index contributed by atoms with van der Waals surface area (Å²) >= 11 is 0. The van der Waals surface area contributed by atoms with Crippen LogP contribution in [0.25, 0.3) is 0 Å². The number of hydrogen-bond acceptors (Lipinski definition) is 3. The quantitative estimate of drug-likeness (QED) is 0.600. The molecule has 96 valence electrons. The zero-order valence-electron chi connectivity index (χ0n) is 10.00. The number of carboxylic acid groups (broad SMARTS) is 1. The molecule has 0 heterocycles. The Morgan fingerprint density at radius 2 is 2.00 bits per heavy atom. The van der Waals surface area contributed by atoms with Gasteiger partial charge in [0, 0.05) is 6.54 Å². The number of hydrogen-bond donors (Lipinski definition) is 3. The Bertz CT molecular complexity index is 309. The van der Waals surface area contributed by atoms with Gasteiger partial charge >= 0.3 is 5.97 Å². The predicted octanol–water partition coefficient (Wildman–Crippen LogP) is 0.357. The Morgan fingerprint density at radius 1 is 1.29 bits per heavy atom. The van der Waals surface area contributed by atoms with Crippen LogP contribution in [-0.2, 0) is 9.59 Å². The molecule has 0 aliphatic heterocycles. The molecule has 17 heavy (non-hydrogen) atoms. The zero-order valence-corrected chi connectivity index (χ0v) is 10.00. The van der Waals surface area contributed by atoms with E-state index < -0.39 is 11.4 Å². The van der Waals surface area contributed by atoms with Crippen molar-refractivity contribution in [3.63, 3.8) is 0 Å². The van der Waals surface area contributed by atoms with Crippen molar-refractivity contribution < 1.29 is 14.7 Å². The van der Waals surface area contributed by atoms with Crippen molar-refractivity contribution in [2.45, 2.75) is 32.1 Å². The van der Waals surface area contributed by atoms with Crippen LogP contribution in [0.3, 0.4) is 0 Å². The van der Waals surface area contributed by atoms with Crippen molar-refractivity contribution >= 4 is 11.9 Å². The Kier molecular flexibility index (Phi) is 3.66. The summed E-state index contributed by atoms with van der Waals surface area (Å²) in [4.78, 5) is 22.5. The maximum atomic E-state index is 11.5. The predicted molar refractivity (Wildman–Crippen MR) is 62.5 cm³/mol. The summed E-state index contributed by atoms with van der Waals surface area (Å²) in [5, 5.41) is 14.9. The molecule has 5 nitrogen and oxygen atoms in total. The molecule has 2 aliphatic carbocycles. The summed E-state index contributed by atoms with van der Waals surface area (Å²) in [7, 11) is 0. The second-order valence-corrected chi connectivity index (χ2v) is 5.29. The number of carbonyl (C=O) groups is 2. The molecule has 0 spiro atoms.